The number of methoxy groups -OCH3 is 1. The van der Waals surface area contributed by atoms with Crippen molar-refractivity contribution in [2.75, 3.05) is 7.11 Å². The van der Waals surface area contributed by atoms with Gasteiger partial charge >= 0.3 is 0 Å². The minimum absolute atomic E-state index is 0.330. The maximum atomic E-state index is 9.84. The van der Waals surface area contributed by atoms with E-state index in [1.165, 1.54) is 0 Å². The topological polar surface area (TPSA) is 53.2 Å². The third kappa shape index (κ3) is 3.22. The van der Waals surface area contributed by atoms with Crippen molar-refractivity contribution in [2.24, 2.45) is 0 Å². The molecule has 1 rings (SSSR count). The molecule has 0 aliphatic heterocycles. The highest BCUT2D eigenvalue weighted by molar-refractivity contribution is 9.10. The van der Waals surface area contributed by atoms with Crippen molar-refractivity contribution in [3.63, 3.8) is 0 Å². The molecule has 0 radical (unpaired) electrons. The third-order valence-corrected chi connectivity index (χ3v) is 2.57. The summed E-state index contributed by atoms with van der Waals surface area (Å²) in [6.07, 6.45) is 0.0947. The molecule has 15 heavy (non-hydrogen) atoms. The zero-order chi connectivity index (χ0) is 11.3. The number of nitriles is 1. The fraction of sp³-hybridized carbons (Fsp3) is 0.364. The highest BCUT2D eigenvalue weighted by Gasteiger charge is 2.13. The van der Waals surface area contributed by atoms with Crippen LogP contribution in [0.1, 0.15) is 24.5 Å². The molecule has 80 valence electrons. The molecule has 0 saturated heterocycles. The van der Waals surface area contributed by atoms with E-state index in [1.807, 2.05) is 12.1 Å². The van der Waals surface area contributed by atoms with Crippen molar-refractivity contribution in [2.45, 2.75) is 18.9 Å². The molecule has 1 N–H and O–H groups in total. The summed E-state index contributed by atoms with van der Waals surface area (Å²) in [6, 6.07) is 7.45. The molecule has 0 aromatic heterocycles. The van der Waals surface area contributed by atoms with Crippen molar-refractivity contribution in [3.05, 3.63) is 28.2 Å². The molecule has 0 amide bonds. The number of halogens is 1. The van der Waals surface area contributed by atoms with Gasteiger partial charge in [0.05, 0.1) is 19.3 Å². The average molecular weight is 270 g/mol. The van der Waals surface area contributed by atoms with E-state index in [2.05, 4.69) is 15.9 Å². The van der Waals surface area contributed by atoms with E-state index in [4.69, 9.17) is 10.00 Å². The molecule has 0 aliphatic carbocycles. The van der Waals surface area contributed by atoms with Crippen LogP contribution in [0.25, 0.3) is 0 Å². The van der Waals surface area contributed by atoms with Crippen LogP contribution in [0.15, 0.2) is 22.7 Å². The Morgan fingerprint density at radius 2 is 2.33 bits per heavy atom. The first kappa shape index (κ1) is 12.0. The van der Waals surface area contributed by atoms with Gasteiger partial charge in [-0.25, -0.2) is 0 Å². The van der Waals surface area contributed by atoms with Gasteiger partial charge < -0.3 is 9.84 Å². The summed E-state index contributed by atoms with van der Waals surface area (Å²) in [5, 5.41) is 18.3. The summed E-state index contributed by atoms with van der Waals surface area (Å²) >= 11 is 3.33. The molecule has 0 aliphatic rings. The SMILES string of the molecule is COc1ccc(Br)cc1C(O)CCC#N. The Kier molecular flexibility index (Phi) is 4.60. The predicted molar refractivity (Wildman–Crippen MR) is 60.5 cm³/mol. The summed E-state index contributed by atoms with van der Waals surface area (Å²) < 4.78 is 6.02. The lowest BCUT2D eigenvalue weighted by Crippen LogP contribution is -2.00. The number of hydrogen-bond donors (Lipinski definition) is 1. The van der Waals surface area contributed by atoms with Crippen LogP contribution in [0, 0.1) is 11.3 Å². The van der Waals surface area contributed by atoms with E-state index in [9.17, 15) is 5.11 Å². The second-order valence-corrected chi connectivity index (χ2v) is 4.01. The Morgan fingerprint density at radius 1 is 1.60 bits per heavy atom. The fourth-order valence-corrected chi connectivity index (χ4v) is 1.70. The van der Waals surface area contributed by atoms with Crippen LogP contribution < -0.4 is 4.74 Å². The van der Waals surface area contributed by atoms with Gasteiger partial charge in [-0.3, -0.25) is 0 Å². The van der Waals surface area contributed by atoms with Crippen LogP contribution in [0.2, 0.25) is 0 Å². The first-order chi connectivity index (χ1) is 7.19. The van der Waals surface area contributed by atoms with E-state index < -0.39 is 6.10 Å². The molecule has 0 fully saturated rings. The number of aliphatic hydroxyl groups is 1. The maximum Gasteiger partial charge on any atom is 0.124 e. The lowest BCUT2D eigenvalue weighted by molar-refractivity contribution is 0.165. The second kappa shape index (κ2) is 5.74. The van der Waals surface area contributed by atoms with Crippen LogP contribution >= 0.6 is 15.9 Å². The molecule has 0 heterocycles. The Bertz CT molecular complexity index is 373. The van der Waals surface area contributed by atoms with Gasteiger partial charge in [0.15, 0.2) is 0 Å². The molecule has 4 heteroatoms. The van der Waals surface area contributed by atoms with E-state index >= 15 is 0 Å². The third-order valence-electron chi connectivity index (χ3n) is 2.08. The van der Waals surface area contributed by atoms with E-state index in [1.54, 1.807) is 19.2 Å². The van der Waals surface area contributed by atoms with E-state index in [0.29, 0.717) is 24.2 Å². The lowest BCUT2D eigenvalue weighted by atomic mass is 10.0. The summed E-state index contributed by atoms with van der Waals surface area (Å²) in [5.41, 5.74) is 0.710. The molecule has 1 unspecified atom stereocenters. The summed E-state index contributed by atoms with van der Waals surface area (Å²) in [5.74, 6) is 0.642. The van der Waals surface area contributed by atoms with Crippen LogP contribution in [0.5, 0.6) is 5.75 Å². The van der Waals surface area contributed by atoms with E-state index in [0.717, 1.165) is 4.47 Å². The van der Waals surface area contributed by atoms with Gasteiger partial charge in [-0.15, -0.1) is 0 Å². The molecule has 0 spiro atoms. The van der Waals surface area contributed by atoms with Crippen LogP contribution in [0.4, 0.5) is 0 Å². The highest BCUT2D eigenvalue weighted by Crippen LogP contribution is 2.30. The molecule has 1 aromatic carbocycles. The molecular weight excluding hydrogens is 258 g/mol. The molecular formula is C11H12BrNO2. The predicted octanol–water partition coefficient (Wildman–Crippen LogP) is 2.79. The second-order valence-electron chi connectivity index (χ2n) is 3.10. The van der Waals surface area contributed by atoms with Crippen LogP contribution in [-0.4, -0.2) is 12.2 Å². The largest absolute Gasteiger partial charge is 0.496 e. The van der Waals surface area contributed by atoms with Crippen LogP contribution in [0.3, 0.4) is 0 Å². The smallest absolute Gasteiger partial charge is 0.124 e. The number of nitrogens with zero attached hydrogens (tertiary/aromatic N) is 1. The highest BCUT2D eigenvalue weighted by atomic mass is 79.9. The quantitative estimate of drug-likeness (QED) is 0.915. The molecule has 1 aromatic rings. The van der Waals surface area contributed by atoms with Gasteiger partial charge in [0, 0.05) is 16.5 Å². The van der Waals surface area contributed by atoms with Gasteiger partial charge in [-0.2, -0.15) is 5.26 Å². The average Bonchev–Trinajstić information content (AvgIpc) is 2.25. The van der Waals surface area contributed by atoms with Crippen molar-refractivity contribution >= 4 is 15.9 Å². The van der Waals surface area contributed by atoms with Gasteiger partial charge in [0.1, 0.15) is 5.75 Å². The minimum atomic E-state index is -0.655. The number of rotatable bonds is 4. The van der Waals surface area contributed by atoms with Crippen molar-refractivity contribution in [1.82, 2.24) is 0 Å². The number of aliphatic hydroxyl groups excluding tert-OH is 1. The monoisotopic (exact) mass is 269 g/mol. The van der Waals surface area contributed by atoms with Crippen molar-refractivity contribution < 1.29 is 9.84 Å². The zero-order valence-electron chi connectivity index (χ0n) is 8.40. The standard InChI is InChI=1S/C11H12BrNO2/c1-15-11-5-4-8(12)7-9(11)10(14)3-2-6-13/h4-5,7,10,14H,2-3H2,1H3. The molecule has 1 atom stereocenters. The van der Waals surface area contributed by atoms with Gasteiger partial charge in [-0.05, 0) is 24.6 Å². The van der Waals surface area contributed by atoms with Gasteiger partial charge in [0.25, 0.3) is 0 Å². The Labute approximate surface area is 97.4 Å². The van der Waals surface area contributed by atoms with E-state index in [-0.39, 0.29) is 0 Å². The first-order valence-corrected chi connectivity index (χ1v) is 5.36. The zero-order valence-corrected chi connectivity index (χ0v) is 9.99. The Morgan fingerprint density at radius 3 is 2.93 bits per heavy atom. The van der Waals surface area contributed by atoms with Gasteiger partial charge in [-0.1, -0.05) is 15.9 Å². The lowest BCUT2D eigenvalue weighted by Gasteiger charge is -2.13. The van der Waals surface area contributed by atoms with Crippen molar-refractivity contribution in [3.8, 4) is 11.8 Å². The summed E-state index contributed by atoms with van der Waals surface area (Å²) in [6.45, 7) is 0. The Hall–Kier alpha value is -1.05. The molecule has 0 saturated carbocycles. The Balaban J connectivity index is 2.90. The number of ether oxygens (including phenoxy) is 1. The maximum absolute atomic E-state index is 9.84. The minimum Gasteiger partial charge on any atom is -0.496 e. The normalized spacial score (nSPS) is 11.9. The molecule has 0 bridgehead atoms. The summed E-state index contributed by atoms with van der Waals surface area (Å²) in [4.78, 5) is 0. The fourth-order valence-electron chi connectivity index (χ4n) is 1.32. The van der Waals surface area contributed by atoms with Crippen LogP contribution in [-0.2, 0) is 0 Å². The van der Waals surface area contributed by atoms with Gasteiger partial charge in [0.2, 0.25) is 0 Å². The molecule has 3 nitrogen and oxygen atoms in total. The summed E-state index contributed by atoms with van der Waals surface area (Å²) in [7, 11) is 1.56. The number of hydrogen-bond acceptors (Lipinski definition) is 3. The van der Waals surface area contributed by atoms with Crippen molar-refractivity contribution in [1.29, 1.82) is 5.26 Å². The number of benzene rings is 1. The first-order valence-electron chi connectivity index (χ1n) is 4.57.